The standard InChI is InChI=1S/C16H25NO3/c18-15(19)10-16(17-1-3-20-4-2-17)13-6-11-5-12(8-13)9-14(16)7-11/h11-14H,1-10H2,(H,18,19). The van der Waals surface area contributed by atoms with E-state index in [9.17, 15) is 9.90 Å². The zero-order valence-electron chi connectivity index (χ0n) is 12.1. The Labute approximate surface area is 120 Å². The van der Waals surface area contributed by atoms with Crippen LogP contribution in [0.3, 0.4) is 0 Å². The Kier molecular flexibility index (Phi) is 3.08. The zero-order valence-corrected chi connectivity index (χ0v) is 12.1. The molecule has 1 aliphatic heterocycles. The molecular formula is C16H25NO3. The number of aliphatic carboxylic acids is 1. The van der Waals surface area contributed by atoms with E-state index in [0.717, 1.165) is 38.1 Å². The predicted octanol–water partition coefficient (Wildman–Crippen LogP) is 1.99. The molecule has 4 saturated carbocycles. The summed E-state index contributed by atoms with van der Waals surface area (Å²) in [4.78, 5) is 14.1. The number of rotatable bonds is 3. The number of hydrogen-bond acceptors (Lipinski definition) is 3. The van der Waals surface area contributed by atoms with E-state index in [-0.39, 0.29) is 5.54 Å². The quantitative estimate of drug-likeness (QED) is 0.858. The first kappa shape index (κ1) is 13.1. The monoisotopic (exact) mass is 279 g/mol. The fourth-order valence-corrected chi connectivity index (χ4v) is 6.14. The molecule has 0 atom stereocenters. The molecule has 0 spiro atoms. The highest BCUT2D eigenvalue weighted by atomic mass is 16.5. The molecule has 5 rings (SSSR count). The average molecular weight is 279 g/mol. The van der Waals surface area contributed by atoms with Crippen molar-refractivity contribution in [2.75, 3.05) is 26.3 Å². The van der Waals surface area contributed by atoms with Crippen LogP contribution in [0, 0.1) is 23.7 Å². The van der Waals surface area contributed by atoms with Gasteiger partial charge in [0.2, 0.25) is 0 Å². The lowest BCUT2D eigenvalue weighted by molar-refractivity contribution is -0.173. The molecule has 0 aromatic carbocycles. The molecule has 1 saturated heterocycles. The Balaban J connectivity index is 1.69. The molecule has 0 aromatic rings. The van der Waals surface area contributed by atoms with Gasteiger partial charge in [-0.25, -0.2) is 0 Å². The third-order valence-electron chi connectivity index (χ3n) is 6.59. The van der Waals surface area contributed by atoms with Crippen molar-refractivity contribution in [3.63, 3.8) is 0 Å². The lowest BCUT2D eigenvalue weighted by Gasteiger charge is -2.65. The van der Waals surface area contributed by atoms with Gasteiger partial charge in [-0.2, -0.15) is 0 Å². The topological polar surface area (TPSA) is 49.8 Å². The van der Waals surface area contributed by atoms with E-state index in [1.807, 2.05) is 0 Å². The molecular weight excluding hydrogens is 254 g/mol. The summed E-state index contributed by atoms with van der Waals surface area (Å²) < 4.78 is 5.50. The molecule has 0 unspecified atom stereocenters. The number of carbonyl (C=O) groups is 1. The average Bonchev–Trinajstić information content (AvgIpc) is 2.43. The van der Waals surface area contributed by atoms with Crippen LogP contribution in [0.25, 0.3) is 0 Å². The minimum atomic E-state index is -0.607. The molecule has 1 heterocycles. The summed E-state index contributed by atoms with van der Waals surface area (Å²) in [5, 5.41) is 9.54. The first-order chi connectivity index (χ1) is 9.68. The number of carboxylic acid groups (broad SMARTS) is 1. The molecule has 112 valence electrons. The molecule has 0 radical (unpaired) electrons. The third-order valence-corrected chi connectivity index (χ3v) is 6.59. The molecule has 20 heavy (non-hydrogen) atoms. The van der Waals surface area contributed by atoms with Crippen molar-refractivity contribution in [1.82, 2.24) is 4.90 Å². The molecule has 5 aliphatic rings. The SMILES string of the molecule is O=C(O)CC1(N2CCOCC2)C2CC3CC(C2)CC1C3. The van der Waals surface area contributed by atoms with Crippen LogP contribution >= 0.6 is 0 Å². The molecule has 1 N–H and O–H groups in total. The van der Waals surface area contributed by atoms with Crippen molar-refractivity contribution in [1.29, 1.82) is 0 Å². The highest BCUT2D eigenvalue weighted by Gasteiger charge is 2.60. The first-order valence-corrected chi connectivity index (χ1v) is 8.23. The highest BCUT2D eigenvalue weighted by molar-refractivity contribution is 5.68. The van der Waals surface area contributed by atoms with E-state index in [2.05, 4.69) is 4.90 Å². The van der Waals surface area contributed by atoms with Crippen molar-refractivity contribution in [2.24, 2.45) is 23.7 Å². The minimum absolute atomic E-state index is 0.0525. The van der Waals surface area contributed by atoms with Gasteiger partial charge in [0.15, 0.2) is 0 Å². The van der Waals surface area contributed by atoms with Gasteiger partial charge in [0, 0.05) is 18.6 Å². The third kappa shape index (κ3) is 1.84. The summed E-state index contributed by atoms with van der Waals surface area (Å²) in [6, 6.07) is 0. The first-order valence-electron chi connectivity index (χ1n) is 8.23. The number of carboxylic acids is 1. The van der Waals surface area contributed by atoms with Gasteiger partial charge in [-0.05, 0) is 55.8 Å². The molecule has 4 aliphatic carbocycles. The summed E-state index contributed by atoms with van der Waals surface area (Å²) in [5.41, 5.74) is -0.0525. The largest absolute Gasteiger partial charge is 0.481 e. The molecule has 4 nitrogen and oxygen atoms in total. The normalized spacial score (nSPS) is 47.6. The summed E-state index contributed by atoms with van der Waals surface area (Å²) in [7, 11) is 0. The van der Waals surface area contributed by atoms with E-state index in [1.54, 1.807) is 0 Å². The van der Waals surface area contributed by atoms with Crippen molar-refractivity contribution in [3.8, 4) is 0 Å². The lowest BCUT2D eigenvalue weighted by atomic mass is 9.47. The van der Waals surface area contributed by atoms with Crippen molar-refractivity contribution >= 4 is 5.97 Å². The molecule has 0 amide bonds. The van der Waals surface area contributed by atoms with Crippen LogP contribution in [0.15, 0.2) is 0 Å². The van der Waals surface area contributed by atoms with Crippen LogP contribution in [-0.4, -0.2) is 47.8 Å². The van der Waals surface area contributed by atoms with Gasteiger partial charge >= 0.3 is 5.97 Å². The lowest BCUT2D eigenvalue weighted by Crippen LogP contribution is -2.68. The van der Waals surface area contributed by atoms with Gasteiger partial charge in [0.1, 0.15) is 0 Å². The summed E-state index contributed by atoms with van der Waals surface area (Å²) in [6.07, 6.45) is 6.87. The Bertz CT molecular complexity index is 369. The van der Waals surface area contributed by atoms with E-state index in [4.69, 9.17) is 4.74 Å². The molecule has 4 heteroatoms. The fourth-order valence-electron chi connectivity index (χ4n) is 6.14. The van der Waals surface area contributed by atoms with Gasteiger partial charge in [-0.1, -0.05) is 0 Å². The zero-order chi connectivity index (χ0) is 13.7. The van der Waals surface area contributed by atoms with Crippen LogP contribution in [0.1, 0.15) is 38.5 Å². The summed E-state index contributed by atoms with van der Waals surface area (Å²) >= 11 is 0. The Morgan fingerprint density at radius 1 is 1.05 bits per heavy atom. The Hall–Kier alpha value is -0.610. The van der Waals surface area contributed by atoms with Gasteiger partial charge in [0.25, 0.3) is 0 Å². The molecule has 4 bridgehead atoms. The molecule has 5 fully saturated rings. The van der Waals surface area contributed by atoms with Crippen LogP contribution in [0.2, 0.25) is 0 Å². The van der Waals surface area contributed by atoms with Crippen LogP contribution < -0.4 is 0 Å². The van der Waals surface area contributed by atoms with Crippen LogP contribution in [0.4, 0.5) is 0 Å². The fraction of sp³-hybridized carbons (Fsp3) is 0.938. The smallest absolute Gasteiger partial charge is 0.305 e. The van der Waals surface area contributed by atoms with E-state index < -0.39 is 5.97 Å². The number of ether oxygens (including phenoxy) is 1. The van der Waals surface area contributed by atoms with Gasteiger partial charge in [0.05, 0.1) is 19.6 Å². The number of hydrogen-bond donors (Lipinski definition) is 1. The van der Waals surface area contributed by atoms with E-state index >= 15 is 0 Å². The minimum Gasteiger partial charge on any atom is -0.481 e. The number of morpholine rings is 1. The predicted molar refractivity (Wildman–Crippen MR) is 74.4 cm³/mol. The van der Waals surface area contributed by atoms with Gasteiger partial charge < -0.3 is 9.84 Å². The maximum Gasteiger partial charge on any atom is 0.305 e. The second-order valence-corrected chi connectivity index (χ2v) is 7.47. The van der Waals surface area contributed by atoms with Crippen molar-refractivity contribution < 1.29 is 14.6 Å². The molecule has 0 aromatic heterocycles. The second-order valence-electron chi connectivity index (χ2n) is 7.47. The van der Waals surface area contributed by atoms with Gasteiger partial charge in [-0.15, -0.1) is 0 Å². The van der Waals surface area contributed by atoms with Crippen molar-refractivity contribution in [2.45, 2.75) is 44.1 Å². The second kappa shape index (κ2) is 4.70. The Morgan fingerprint density at radius 2 is 1.60 bits per heavy atom. The van der Waals surface area contributed by atoms with E-state index in [0.29, 0.717) is 18.3 Å². The van der Waals surface area contributed by atoms with Crippen molar-refractivity contribution in [3.05, 3.63) is 0 Å². The maximum atomic E-state index is 11.6. The summed E-state index contributed by atoms with van der Waals surface area (Å²) in [5.74, 6) is 2.41. The summed E-state index contributed by atoms with van der Waals surface area (Å²) in [6.45, 7) is 3.40. The van der Waals surface area contributed by atoms with Gasteiger partial charge in [-0.3, -0.25) is 9.69 Å². The van der Waals surface area contributed by atoms with Crippen LogP contribution in [0.5, 0.6) is 0 Å². The van der Waals surface area contributed by atoms with E-state index in [1.165, 1.54) is 32.1 Å². The number of nitrogens with zero attached hydrogens (tertiary/aromatic N) is 1. The maximum absolute atomic E-state index is 11.6. The highest BCUT2D eigenvalue weighted by Crippen LogP contribution is 2.61. The Morgan fingerprint density at radius 3 is 2.10 bits per heavy atom. The van der Waals surface area contributed by atoms with Crippen LogP contribution in [-0.2, 0) is 9.53 Å².